The van der Waals surface area contributed by atoms with Gasteiger partial charge in [0.2, 0.25) is 5.75 Å². The third kappa shape index (κ3) is 2.77. The van der Waals surface area contributed by atoms with Crippen molar-refractivity contribution >= 4 is 11.8 Å². The highest BCUT2D eigenvalue weighted by Crippen LogP contribution is 2.10. The third-order valence-electron chi connectivity index (χ3n) is 1.32. The first-order valence-corrected chi connectivity index (χ1v) is 5.11. The van der Waals surface area contributed by atoms with Crippen molar-refractivity contribution in [3.05, 3.63) is 16.6 Å². The molecule has 72 valence electrons. The molecule has 0 spiro atoms. The van der Waals surface area contributed by atoms with E-state index in [-0.39, 0.29) is 11.3 Å². The van der Waals surface area contributed by atoms with Gasteiger partial charge in [-0.3, -0.25) is 9.78 Å². The zero-order valence-electron chi connectivity index (χ0n) is 7.66. The molecule has 0 atom stereocenters. The first-order chi connectivity index (χ1) is 6.27. The number of hydrogen-bond donors (Lipinski definition) is 1. The average Bonchev–Trinajstić information content (AvgIpc) is 2.10. The van der Waals surface area contributed by atoms with Crippen molar-refractivity contribution in [3.63, 3.8) is 0 Å². The molecule has 1 rings (SSSR count). The van der Waals surface area contributed by atoms with Crippen LogP contribution in [0.4, 0.5) is 0 Å². The van der Waals surface area contributed by atoms with Crippen LogP contribution in [0.5, 0.6) is 5.75 Å². The van der Waals surface area contributed by atoms with Crippen LogP contribution < -0.4 is 10.3 Å². The maximum Gasteiger partial charge on any atom is 0.293 e. The summed E-state index contributed by atoms with van der Waals surface area (Å²) in [5, 5.41) is 0.635. The molecule has 0 radical (unpaired) electrons. The molecule has 0 fully saturated rings. The van der Waals surface area contributed by atoms with Gasteiger partial charge in [0.15, 0.2) is 5.16 Å². The largest absolute Gasteiger partial charge is 0.487 e. The Hall–Kier alpha value is -0.970. The predicted octanol–water partition coefficient (Wildman–Crippen LogP) is 1.28. The summed E-state index contributed by atoms with van der Waals surface area (Å²) >= 11 is 1.49. The van der Waals surface area contributed by atoms with Crippen LogP contribution in [0.1, 0.15) is 13.8 Å². The van der Waals surface area contributed by atoms with E-state index in [4.69, 9.17) is 4.74 Å². The van der Waals surface area contributed by atoms with E-state index in [2.05, 4.69) is 9.97 Å². The second-order valence-corrected chi connectivity index (χ2v) is 3.50. The van der Waals surface area contributed by atoms with Crippen LogP contribution in [0.3, 0.4) is 0 Å². The number of nitrogens with zero attached hydrogens (tertiary/aromatic N) is 1. The highest BCUT2D eigenvalue weighted by atomic mass is 32.2. The molecule has 0 bridgehead atoms. The smallest absolute Gasteiger partial charge is 0.293 e. The molecule has 1 N–H and O–H groups in total. The molecule has 0 amide bonds. The molecule has 0 unspecified atom stereocenters. The van der Waals surface area contributed by atoms with Gasteiger partial charge in [-0.05, 0) is 12.7 Å². The van der Waals surface area contributed by atoms with Crippen LogP contribution in [-0.2, 0) is 0 Å². The number of thioether (sulfide) groups is 1. The van der Waals surface area contributed by atoms with Crippen molar-refractivity contribution < 1.29 is 4.74 Å². The second kappa shape index (κ2) is 4.91. The fraction of sp³-hybridized carbons (Fsp3) is 0.500. The van der Waals surface area contributed by atoms with Gasteiger partial charge >= 0.3 is 0 Å². The summed E-state index contributed by atoms with van der Waals surface area (Å²) in [4.78, 5) is 17.9. The molecular weight excluding hydrogens is 188 g/mol. The Labute approximate surface area is 80.7 Å². The monoisotopic (exact) mass is 200 g/mol. The lowest BCUT2D eigenvalue weighted by Gasteiger charge is -2.01. The molecule has 13 heavy (non-hydrogen) atoms. The SMILES string of the molecule is CCOc1cnc(SCC)[nH]c1=O. The number of aromatic amines is 1. The Morgan fingerprint density at radius 3 is 2.92 bits per heavy atom. The highest BCUT2D eigenvalue weighted by molar-refractivity contribution is 7.99. The number of nitrogens with one attached hydrogen (secondary N) is 1. The zero-order chi connectivity index (χ0) is 9.68. The van der Waals surface area contributed by atoms with E-state index in [0.717, 1.165) is 5.75 Å². The van der Waals surface area contributed by atoms with E-state index in [9.17, 15) is 4.79 Å². The summed E-state index contributed by atoms with van der Waals surface area (Å²) < 4.78 is 5.05. The highest BCUT2D eigenvalue weighted by Gasteiger charge is 2.01. The zero-order valence-corrected chi connectivity index (χ0v) is 8.48. The van der Waals surface area contributed by atoms with Crippen molar-refractivity contribution in [1.29, 1.82) is 0 Å². The summed E-state index contributed by atoms with van der Waals surface area (Å²) in [6, 6.07) is 0. The molecule has 0 aliphatic heterocycles. The lowest BCUT2D eigenvalue weighted by molar-refractivity contribution is 0.332. The van der Waals surface area contributed by atoms with E-state index in [1.54, 1.807) is 0 Å². The molecule has 0 aliphatic rings. The van der Waals surface area contributed by atoms with E-state index in [1.807, 2.05) is 13.8 Å². The molecule has 0 saturated carbocycles. The molecule has 1 aromatic heterocycles. The van der Waals surface area contributed by atoms with Gasteiger partial charge in [-0.25, -0.2) is 4.98 Å². The van der Waals surface area contributed by atoms with Crippen molar-refractivity contribution in [2.24, 2.45) is 0 Å². The van der Waals surface area contributed by atoms with Gasteiger partial charge in [0.25, 0.3) is 5.56 Å². The Morgan fingerprint density at radius 2 is 2.38 bits per heavy atom. The molecular formula is C8H12N2O2S. The van der Waals surface area contributed by atoms with Crippen LogP contribution in [0.15, 0.2) is 16.1 Å². The third-order valence-corrected chi connectivity index (χ3v) is 2.09. The summed E-state index contributed by atoms with van der Waals surface area (Å²) in [5.41, 5.74) is -0.215. The Morgan fingerprint density at radius 1 is 1.62 bits per heavy atom. The summed E-state index contributed by atoms with van der Waals surface area (Å²) in [5.74, 6) is 1.17. The Bertz CT molecular complexity index is 324. The van der Waals surface area contributed by atoms with Crippen LogP contribution >= 0.6 is 11.8 Å². The van der Waals surface area contributed by atoms with Gasteiger partial charge in [0.1, 0.15) is 0 Å². The summed E-state index contributed by atoms with van der Waals surface area (Å²) in [6.07, 6.45) is 1.46. The van der Waals surface area contributed by atoms with Crippen molar-refractivity contribution in [1.82, 2.24) is 9.97 Å². The van der Waals surface area contributed by atoms with Crippen LogP contribution in [0, 0.1) is 0 Å². The van der Waals surface area contributed by atoms with Gasteiger partial charge in [0.05, 0.1) is 12.8 Å². The maximum absolute atomic E-state index is 11.3. The van der Waals surface area contributed by atoms with Crippen molar-refractivity contribution in [2.75, 3.05) is 12.4 Å². The number of ether oxygens (including phenoxy) is 1. The fourth-order valence-corrected chi connectivity index (χ4v) is 1.40. The lowest BCUT2D eigenvalue weighted by Crippen LogP contribution is -2.12. The van der Waals surface area contributed by atoms with Crippen molar-refractivity contribution in [2.45, 2.75) is 19.0 Å². The van der Waals surface area contributed by atoms with Gasteiger partial charge < -0.3 is 4.74 Å². The number of H-pyrrole nitrogens is 1. The Kier molecular flexibility index (Phi) is 3.82. The summed E-state index contributed by atoms with van der Waals surface area (Å²) in [7, 11) is 0. The van der Waals surface area contributed by atoms with Gasteiger partial charge in [-0.15, -0.1) is 0 Å². The van der Waals surface area contributed by atoms with Crippen LogP contribution in [0.2, 0.25) is 0 Å². The first-order valence-electron chi connectivity index (χ1n) is 4.12. The first kappa shape index (κ1) is 10.1. The molecule has 5 heteroatoms. The fourth-order valence-electron chi connectivity index (χ4n) is 0.835. The van der Waals surface area contributed by atoms with Crippen LogP contribution in [0.25, 0.3) is 0 Å². The standard InChI is InChI=1S/C8H12N2O2S/c1-3-12-6-5-9-8(13-4-2)10-7(6)11/h5H,3-4H2,1-2H3,(H,9,10,11). The molecule has 0 saturated heterocycles. The minimum atomic E-state index is -0.215. The van der Waals surface area contributed by atoms with Gasteiger partial charge in [0, 0.05) is 0 Å². The molecule has 1 aromatic rings. The molecule has 4 nitrogen and oxygen atoms in total. The Balaban J connectivity index is 2.85. The summed E-state index contributed by atoms with van der Waals surface area (Å²) in [6.45, 7) is 4.31. The van der Waals surface area contributed by atoms with Crippen molar-refractivity contribution in [3.8, 4) is 5.75 Å². The lowest BCUT2D eigenvalue weighted by atomic mass is 10.6. The number of aromatic nitrogens is 2. The quantitative estimate of drug-likeness (QED) is 0.587. The van der Waals surface area contributed by atoms with E-state index < -0.39 is 0 Å². The maximum atomic E-state index is 11.3. The molecule has 1 heterocycles. The minimum absolute atomic E-state index is 0.215. The number of hydrogen-bond acceptors (Lipinski definition) is 4. The molecule has 0 aromatic carbocycles. The van der Waals surface area contributed by atoms with E-state index in [0.29, 0.717) is 11.8 Å². The van der Waals surface area contributed by atoms with Crippen LogP contribution in [-0.4, -0.2) is 22.3 Å². The minimum Gasteiger partial charge on any atom is -0.487 e. The van der Waals surface area contributed by atoms with Gasteiger partial charge in [-0.1, -0.05) is 18.7 Å². The normalized spacial score (nSPS) is 10.0. The van der Waals surface area contributed by atoms with Gasteiger partial charge in [-0.2, -0.15) is 0 Å². The second-order valence-electron chi connectivity index (χ2n) is 2.25. The van der Waals surface area contributed by atoms with E-state index >= 15 is 0 Å². The predicted molar refractivity (Wildman–Crippen MR) is 52.4 cm³/mol. The van der Waals surface area contributed by atoms with E-state index in [1.165, 1.54) is 18.0 Å². The number of rotatable bonds is 4. The topological polar surface area (TPSA) is 55.0 Å². The average molecular weight is 200 g/mol. The molecule has 0 aliphatic carbocycles.